The van der Waals surface area contributed by atoms with Crippen LogP contribution in [0.2, 0.25) is 0 Å². The lowest BCUT2D eigenvalue weighted by atomic mass is 10.4. The zero-order chi connectivity index (χ0) is 5.54. The summed E-state index contributed by atoms with van der Waals surface area (Å²) in [6, 6.07) is 1.90. The van der Waals surface area contributed by atoms with Gasteiger partial charge in [0.2, 0.25) is 0 Å². The summed E-state index contributed by atoms with van der Waals surface area (Å²) in [4.78, 5) is 0. The smallest absolute Gasteiger partial charge is 0.0962 e. The van der Waals surface area contributed by atoms with E-state index in [1.807, 2.05) is 6.07 Å². The van der Waals surface area contributed by atoms with E-state index in [2.05, 4.69) is 18.8 Å². The summed E-state index contributed by atoms with van der Waals surface area (Å²) < 4.78 is 0. The van der Waals surface area contributed by atoms with Gasteiger partial charge in [-0.1, -0.05) is 5.92 Å². The van der Waals surface area contributed by atoms with Crippen molar-refractivity contribution >= 4 is 0 Å². The van der Waals surface area contributed by atoms with E-state index in [0.717, 1.165) is 0 Å². The summed E-state index contributed by atoms with van der Waals surface area (Å²) in [6.07, 6.45) is 0.928. The molecule has 0 atom stereocenters. The fourth-order valence-corrected chi connectivity index (χ4v) is 0.190. The Kier molecular flexibility index (Phi) is 4.36. The van der Waals surface area contributed by atoms with Crippen molar-refractivity contribution in [2.45, 2.75) is 12.8 Å². The molecule has 0 aliphatic heterocycles. The maximum absolute atomic E-state index is 7.92. The third-order valence-corrected chi connectivity index (χ3v) is 0.417. The van der Waals surface area contributed by atoms with Crippen LogP contribution in [-0.2, 0) is 0 Å². The molecular weight excluding hydrogens is 86.1 g/mol. The van der Waals surface area contributed by atoms with Gasteiger partial charge < -0.3 is 0 Å². The predicted octanol–water partition coefficient (Wildman–Crippen LogP) is 1.13. The number of hydrogen-bond donors (Lipinski definition) is 0. The first-order chi connectivity index (χ1) is 3.41. The van der Waals surface area contributed by atoms with Crippen molar-refractivity contribution in [2.24, 2.45) is 0 Å². The van der Waals surface area contributed by atoms with Gasteiger partial charge in [-0.2, -0.15) is 5.26 Å². The van der Waals surface area contributed by atoms with Crippen LogP contribution >= 0.6 is 0 Å². The van der Waals surface area contributed by atoms with E-state index in [0.29, 0.717) is 12.8 Å². The molecule has 0 saturated carbocycles. The molecule has 1 heteroatoms. The third kappa shape index (κ3) is 5.05. The lowest BCUT2D eigenvalue weighted by Crippen LogP contribution is -1.56. The second-order valence-electron chi connectivity index (χ2n) is 0.938. The Morgan fingerprint density at radius 3 is 2.57 bits per heavy atom. The highest BCUT2D eigenvalue weighted by Crippen LogP contribution is 1.69. The van der Waals surface area contributed by atoms with Crippen LogP contribution in [0.25, 0.3) is 0 Å². The van der Waals surface area contributed by atoms with Crippen molar-refractivity contribution in [2.75, 3.05) is 0 Å². The first kappa shape index (κ1) is 6.05. The minimum absolute atomic E-state index is 0.329. The molecule has 0 aromatic heterocycles. The Hall–Kier alpha value is -0.950. The largest absolute Gasteiger partial charge is 0.197 e. The van der Waals surface area contributed by atoms with Crippen LogP contribution < -0.4 is 0 Å². The molecule has 0 fully saturated rings. The van der Waals surface area contributed by atoms with Crippen molar-refractivity contribution in [1.29, 1.82) is 5.26 Å². The van der Waals surface area contributed by atoms with Crippen LogP contribution in [0, 0.1) is 30.1 Å². The Morgan fingerprint density at radius 1 is 1.43 bits per heavy atom. The van der Waals surface area contributed by atoms with Crippen LogP contribution in [0.15, 0.2) is 0 Å². The van der Waals surface area contributed by atoms with Crippen molar-refractivity contribution in [1.82, 2.24) is 0 Å². The zero-order valence-electron chi connectivity index (χ0n) is 4.07. The van der Waals surface area contributed by atoms with E-state index in [1.165, 1.54) is 0 Å². The first-order valence-electron chi connectivity index (χ1n) is 2.03. The van der Waals surface area contributed by atoms with Crippen molar-refractivity contribution < 1.29 is 0 Å². The van der Waals surface area contributed by atoms with E-state index in [9.17, 15) is 0 Å². The molecule has 0 amide bonds. The van der Waals surface area contributed by atoms with Crippen molar-refractivity contribution in [3.63, 3.8) is 0 Å². The number of nitrogens with zero attached hydrogens (tertiary/aromatic N) is 1. The van der Waals surface area contributed by atoms with Gasteiger partial charge in [-0.15, -0.1) is 5.92 Å². The van der Waals surface area contributed by atoms with Gasteiger partial charge in [-0.3, -0.25) is 0 Å². The zero-order valence-corrected chi connectivity index (χ0v) is 4.07. The monoisotopic (exact) mass is 92.1 g/mol. The molecule has 1 nitrogen and oxygen atoms in total. The normalized spacial score (nSPS) is 5.71. The number of nitriles is 1. The lowest BCUT2D eigenvalue weighted by Gasteiger charge is -1.64. The van der Waals surface area contributed by atoms with Crippen LogP contribution in [0.5, 0.6) is 0 Å². The summed E-state index contributed by atoms with van der Waals surface area (Å²) in [5.74, 6) is 5.28. The van der Waals surface area contributed by atoms with E-state index in [-0.39, 0.29) is 0 Å². The minimum atomic E-state index is 0.329. The van der Waals surface area contributed by atoms with Gasteiger partial charge in [0, 0.05) is 6.42 Å². The number of hydrogen-bond acceptors (Lipinski definition) is 1. The van der Waals surface area contributed by atoms with E-state index >= 15 is 0 Å². The summed E-state index contributed by atoms with van der Waals surface area (Å²) in [5.41, 5.74) is 0. The molecule has 0 rings (SSSR count). The molecule has 0 unspecified atom stereocenters. The molecule has 0 aromatic carbocycles. The summed E-state index contributed by atoms with van der Waals surface area (Å²) in [6.45, 7) is 3.47. The summed E-state index contributed by atoms with van der Waals surface area (Å²) in [5, 5.41) is 7.92. The third-order valence-electron chi connectivity index (χ3n) is 0.417. The van der Waals surface area contributed by atoms with E-state index < -0.39 is 0 Å². The van der Waals surface area contributed by atoms with Gasteiger partial charge >= 0.3 is 0 Å². The summed E-state index contributed by atoms with van der Waals surface area (Å²) in [7, 11) is 0. The van der Waals surface area contributed by atoms with Gasteiger partial charge in [0.05, 0.1) is 12.5 Å². The molecule has 0 bridgehead atoms. The molecule has 0 N–H and O–H groups in total. The Balaban J connectivity index is 3.12. The first-order valence-corrected chi connectivity index (χ1v) is 2.03. The van der Waals surface area contributed by atoms with Gasteiger partial charge in [0.1, 0.15) is 0 Å². The topological polar surface area (TPSA) is 23.8 Å². The second kappa shape index (κ2) is 5.05. The highest BCUT2D eigenvalue weighted by atomic mass is 14.2. The summed E-state index contributed by atoms with van der Waals surface area (Å²) >= 11 is 0. The molecule has 0 saturated heterocycles. The van der Waals surface area contributed by atoms with Crippen LogP contribution in [0.3, 0.4) is 0 Å². The van der Waals surface area contributed by atoms with Gasteiger partial charge in [-0.25, -0.2) is 0 Å². The quantitative estimate of drug-likeness (QED) is 0.411. The molecule has 7 heavy (non-hydrogen) atoms. The predicted molar refractivity (Wildman–Crippen MR) is 28.0 cm³/mol. The molecule has 1 radical (unpaired) electrons. The lowest BCUT2D eigenvalue weighted by molar-refractivity contribution is 1.38. The van der Waals surface area contributed by atoms with Gasteiger partial charge in [0.15, 0.2) is 0 Å². The molecule has 0 spiro atoms. The Labute approximate surface area is 44.0 Å². The number of rotatable bonds is 0. The average Bonchev–Trinajstić information content (AvgIpc) is 1.69. The highest BCUT2D eigenvalue weighted by molar-refractivity contribution is 5.04. The van der Waals surface area contributed by atoms with E-state index in [4.69, 9.17) is 5.26 Å². The Bertz CT molecular complexity index is 119. The van der Waals surface area contributed by atoms with Crippen LogP contribution in [0.4, 0.5) is 0 Å². The molecule has 0 aromatic rings. The molecule has 0 aliphatic rings. The molecular formula is C6H6N. The van der Waals surface area contributed by atoms with Crippen molar-refractivity contribution in [3.8, 4) is 17.9 Å². The highest BCUT2D eigenvalue weighted by Gasteiger charge is 1.63. The fraction of sp³-hybridized carbons (Fsp3) is 0.333. The molecule has 0 heterocycles. The van der Waals surface area contributed by atoms with E-state index in [1.54, 1.807) is 0 Å². The van der Waals surface area contributed by atoms with Crippen LogP contribution in [-0.4, -0.2) is 0 Å². The molecule has 35 valence electrons. The second-order valence-corrected chi connectivity index (χ2v) is 0.938. The molecule has 0 aliphatic carbocycles. The standard InChI is InChI=1S/C6H6N/c1-2-3-4-5-6-7/h1-2,5H2. The fourth-order valence-electron chi connectivity index (χ4n) is 0.190. The SMILES string of the molecule is [CH2]CC#CCC#N. The maximum atomic E-state index is 7.92. The maximum Gasteiger partial charge on any atom is 0.0962 e. The van der Waals surface area contributed by atoms with Gasteiger partial charge in [0.25, 0.3) is 0 Å². The van der Waals surface area contributed by atoms with Crippen LogP contribution in [0.1, 0.15) is 12.8 Å². The van der Waals surface area contributed by atoms with Crippen molar-refractivity contribution in [3.05, 3.63) is 6.92 Å². The average molecular weight is 92.1 g/mol. The minimum Gasteiger partial charge on any atom is -0.197 e. The van der Waals surface area contributed by atoms with Gasteiger partial charge in [-0.05, 0) is 6.92 Å². The Morgan fingerprint density at radius 2 is 2.14 bits per heavy atom.